The van der Waals surface area contributed by atoms with E-state index in [4.69, 9.17) is 0 Å². The first-order valence-electron chi connectivity index (χ1n) is 9.41. The van der Waals surface area contributed by atoms with E-state index in [1.165, 1.54) is 19.2 Å². The first-order valence-corrected chi connectivity index (χ1v) is 10.8. The van der Waals surface area contributed by atoms with Crippen LogP contribution < -0.4 is 10.1 Å². The molecule has 2 rings (SSSR count). The van der Waals surface area contributed by atoms with E-state index in [0.717, 1.165) is 40.7 Å². The molecular formula is C20H22F4N2O5S. The molecule has 0 saturated heterocycles. The second-order valence-corrected chi connectivity index (χ2v) is 8.87. The SMILES string of the molecule is CN(CCCC(=O)NCC(O)c1ccc(OC(F)(F)F)cc1)S(=O)(=O)c1ccc(F)cc1. The van der Waals surface area contributed by atoms with Crippen molar-refractivity contribution in [3.05, 3.63) is 59.9 Å². The molecule has 2 aromatic carbocycles. The Morgan fingerprint density at radius 3 is 2.28 bits per heavy atom. The van der Waals surface area contributed by atoms with Gasteiger partial charge in [0, 0.05) is 26.6 Å². The molecule has 0 aliphatic carbocycles. The highest BCUT2D eigenvalue weighted by Gasteiger charge is 2.31. The number of amides is 1. The largest absolute Gasteiger partial charge is 0.573 e. The molecule has 0 aliphatic rings. The molecule has 0 spiro atoms. The summed E-state index contributed by atoms with van der Waals surface area (Å²) in [5, 5.41) is 12.5. The Morgan fingerprint density at radius 1 is 1.12 bits per heavy atom. The van der Waals surface area contributed by atoms with E-state index in [1.807, 2.05) is 0 Å². The minimum absolute atomic E-state index is 0.0195. The Morgan fingerprint density at radius 2 is 1.72 bits per heavy atom. The van der Waals surface area contributed by atoms with E-state index in [0.29, 0.717) is 0 Å². The topological polar surface area (TPSA) is 95.9 Å². The summed E-state index contributed by atoms with van der Waals surface area (Å²) in [5.74, 6) is -1.43. The molecule has 2 aromatic rings. The molecule has 176 valence electrons. The van der Waals surface area contributed by atoms with Crippen LogP contribution in [0.1, 0.15) is 24.5 Å². The number of hydrogen-bond donors (Lipinski definition) is 2. The van der Waals surface area contributed by atoms with Crippen molar-refractivity contribution in [2.45, 2.75) is 30.2 Å². The molecule has 7 nitrogen and oxygen atoms in total. The molecule has 1 unspecified atom stereocenters. The minimum Gasteiger partial charge on any atom is -0.406 e. The molecule has 1 amide bonds. The van der Waals surface area contributed by atoms with E-state index < -0.39 is 40.0 Å². The number of benzene rings is 2. The van der Waals surface area contributed by atoms with Crippen molar-refractivity contribution in [2.24, 2.45) is 0 Å². The summed E-state index contributed by atoms with van der Waals surface area (Å²) >= 11 is 0. The van der Waals surface area contributed by atoms with Crippen molar-refractivity contribution in [2.75, 3.05) is 20.1 Å². The minimum atomic E-state index is -4.82. The molecule has 0 heterocycles. The zero-order chi connectivity index (χ0) is 23.9. The Hall–Kier alpha value is -2.70. The number of alkyl halides is 3. The van der Waals surface area contributed by atoms with Crippen LogP contribution in [0.15, 0.2) is 53.4 Å². The van der Waals surface area contributed by atoms with Crippen LogP contribution >= 0.6 is 0 Å². The average Bonchev–Trinajstić information content (AvgIpc) is 2.71. The summed E-state index contributed by atoms with van der Waals surface area (Å²) in [6.45, 7) is -0.140. The monoisotopic (exact) mass is 478 g/mol. The molecule has 0 radical (unpaired) electrons. The molecule has 0 saturated carbocycles. The van der Waals surface area contributed by atoms with Crippen molar-refractivity contribution in [3.63, 3.8) is 0 Å². The quantitative estimate of drug-likeness (QED) is 0.512. The van der Waals surface area contributed by atoms with Gasteiger partial charge in [-0.3, -0.25) is 4.79 Å². The highest BCUT2D eigenvalue weighted by atomic mass is 32.2. The van der Waals surface area contributed by atoms with Crippen LogP contribution in [0.25, 0.3) is 0 Å². The highest BCUT2D eigenvalue weighted by Crippen LogP contribution is 2.24. The average molecular weight is 478 g/mol. The van der Waals surface area contributed by atoms with Gasteiger partial charge in [0.25, 0.3) is 0 Å². The molecular weight excluding hydrogens is 456 g/mol. The fourth-order valence-corrected chi connectivity index (χ4v) is 3.89. The number of aliphatic hydroxyl groups excluding tert-OH is 1. The van der Waals surface area contributed by atoms with Gasteiger partial charge >= 0.3 is 6.36 Å². The number of nitrogens with one attached hydrogen (secondary N) is 1. The van der Waals surface area contributed by atoms with Gasteiger partial charge in [0.2, 0.25) is 15.9 Å². The summed E-state index contributed by atoms with van der Waals surface area (Å²) < 4.78 is 79.0. The van der Waals surface area contributed by atoms with Gasteiger partial charge in [-0.05, 0) is 48.4 Å². The smallest absolute Gasteiger partial charge is 0.406 e. The van der Waals surface area contributed by atoms with Gasteiger partial charge in [-0.25, -0.2) is 17.1 Å². The summed E-state index contributed by atoms with van der Waals surface area (Å²) in [4.78, 5) is 11.9. The van der Waals surface area contributed by atoms with Crippen LogP contribution in [-0.4, -0.2) is 50.2 Å². The second kappa shape index (κ2) is 10.7. The Bertz CT molecular complexity index is 996. The van der Waals surface area contributed by atoms with Gasteiger partial charge in [-0.1, -0.05) is 12.1 Å². The third-order valence-corrected chi connectivity index (χ3v) is 6.26. The number of carbonyl (C=O) groups is 1. The zero-order valence-electron chi connectivity index (χ0n) is 17.0. The predicted octanol–water partition coefficient (Wildman–Crippen LogP) is 2.97. The number of hydrogen-bond acceptors (Lipinski definition) is 5. The lowest BCUT2D eigenvalue weighted by molar-refractivity contribution is -0.274. The van der Waals surface area contributed by atoms with Gasteiger partial charge in [0.05, 0.1) is 11.0 Å². The highest BCUT2D eigenvalue weighted by molar-refractivity contribution is 7.89. The predicted molar refractivity (Wildman–Crippen MR) is 107 cm³/mol. The summed E-state index contributed by atoms with van der Waals surface area (Å²) in [5.41, 5.74) is 0.282. The van der Waals surface area contributed by atoms with Crippen molar-refractivity contribution in [1.29, 1.82) is 0 Å². The Balaban J connectivity index is 1.76. The molecule has 0 bridgehead atoms. The maximum absolute atomic E-state index is 13.0. The molecule has 12 heteroatoms. The summed E-state index contributed by atoms with van der Waals surface area (Å²) in [6, 6.07) is 8.96. The summed E-state index contributed by atoms with van der Waals surface area (Å²) in [6.07, 6.45) is -5.79. The molecule has 32 heavy (non-hydrogen) atoms. The molecule has 0 fully saturated rings. The maximum Gasteiger partial charge on any atom is 0.573 e. The van der Waals surface area contributed by atoms with E-state index in [2.05, 4.69) is 10.1 Å². The number of nitrogens with zero attached hydrogens (tertiary/aromatic N) is 1. The number of ether oxygens (including phenoxy) is 1. The number of carbonyl (C=O) groups excluding carboxylic acids is 1. The number of halogens is 4. The fourth-order valence-electron chi connectivity index (χ4n) is 2.68. The Kier molecular flexibility index (Phi) is 8.58. The molecule has 0 aliphatic heterocycles. The van der Waals surface area contributed by atoms with Crippen LogP contribution in [0.5, 0.6) is 5.75 Å². The fraction of sp³-hybridized carbons (Fsp3) is 0.350. The van der Waals surface area contributed by atoms with Crippen LogP contribution in [-0.2, 0) is 14.8 Å². The van der Waals surface area contributed by atoms with E-state index in [9.17, 15) is 35.9 Å². The van der Waals surface area contributed by atoms with Gasteiger partial charge < -0.3 is 15.2 Å². The molecule has 2 N–H and O–H groups in total. The van der Waals surface area contributed by atoms with Gasteiger partial charge in [0.15, 0.2) is 0 Å². The maximum atomic E-state index is 13.0. The van der Waals surface area contributed by atoms with Crippen LogP contribution in [0.3, 0.4) is 0 Å². The van der Waals surface area contributed by atoms with Crippen molar-refractivity contribution >= 4 is 15.9 Å². The second-order valence-electron chi connectivity index (χ2n) is 6.82. The number of sulfonamides is 1. The lowest BCUT2D eigenvalue weighted by Crippen LogP contribution is -2.31. The van der Waals surface area contributed by atoms with E-state index in [1.54, 1.807) is 0 Å². The van der Waals surface area contributed by atoms with Crippen LogP contribution in [0.2, 0.25) is 0 Å². The first kappa shape index (κ1) is 25.6. The van der Waals surface area contributed by atoms with E-state index >= 15 is 0 Å². The Labute approximate surface area is 182 Å². The van der Waals surface area contributed by atoms with Crippen LogP contribution in [0, 0.1) is 5.82 Å². The van der Waals surface area contributed by atoms with Crippen LogP contribution in [0.4, 0.5) is 17.6 Å². The third kappa shape index (κ3) is 7.77. The molecule has 1 atom stereocenters. The van der Waals surface area contributed by atoms with Crippen molar-refractivity contribution in [3.8, 4) is 5.75 Å². The van der Waals surface area contributed by atoms with Gasteiger partial charge in [-0.15, -0.1) is 13.2 Å². The lowest BCUT2D eigenvalue weighted by atomic mass is 10.1. The van der Waals surface area contributed by atoms with Crippen molar-refractivity contribution in [1.82, 2.24) is 9.62 Å². The van der Waals surface area contributed by atoms with Gasteiger partial charge in [-0.2, -0.15) is 0 Å². The third-order valence-electron chi connectivity index (χ3n) is 4.39. The van der Waals surface area contributed by atoms with Crippen molar-refractivity contribution < 1.29 is 40.6 Å². The first-order chi connectivity index (χ1) is 14.9. The summed E-state index contributed by atoms with van der Waals surface area (Å²) in [7, 11) is -2.48. The normalized spacial score (nSPS) is 13.1. The number of aliphatic hydroxyl groups is 1. The van der Waals surface area contributed by atoms with Gasteiger partial charge in [0.1, 0.15) is 11.6 Å². The zero-order valence-corrected chi connectivity index (χ0v) is 17.8. The lowest BCUT2D eigenvalue weighted by Gasteiger charge is -2.17. The number of rotatable bonds is 10. The van der Waals surface area contributed by atoms with E-state index in [-0.39, 0.29) is 36.4 Å². The standard InChI is InChI=1S/C20H22F4N2O5S/c1-26(32(29,30)17-10-6-15(21)7-11-17)12-2-3-19(28)25-13-18(27)14-4-8-16(9-5-14)31-20(22,23)24/h4-11,18,27H,2-3,12-13H2,1H3,(H,25,28). The molecule has 0 aromatic heterocycles.